The van der Waals surface area contributed by atoms with Gasteiger partial charge in [0.05, 0.1) is 12.6 Å². The summed E-state index contributed by atoms with van der Waals surface area (Å²) in [4.78, 5) is 69.4. The molecule has 4 amide bonds. The molecule has 0 radical (unpaired) electrons. The average molecular weight is 460 g/mol. The number of aliphatic carboxylic acids is 2. The number of amides is 4. The highest BCUT2D eigenvalue weighted by Crippen LogP contribution is 2.04. The maximum atomic E-state index is 12.5. The number of hydrogen-bond acceptors (Lipinski definition) is 8. The number of carboxylic acid groups (broad SMARTS) is 2. The first kappa shape index (κ1) is 28.7. The maximum absolute atomic E-state index is 12.5. The van der Waals surface area contributed by atoms with Crippen molar-refractivity contribution in [2.75, 3.05) is 13.1 Å². The van der Waals surface area contributed by atoms with E-state index in [0.717, 1.165) is 0 Å². The number of unbranched alkanes of at least 4 members (excludes halogenated alkanes) is 1. The van der Waals surface area contributed by atoms with Crippen LogP contribution in [0.2, 0.25) is 0 Å². The van der Waals surface area contributed by atoms with Crippen molar-refractivity contribution in [2.24, 2.45) is 17.2 Å². The molecular formula is C18H32N6O8. The Labute approximate surface area is 184 Å². The summed E-state index contributed by atoms with van der Waals surface area (Å²) >= 11 is 0. The molecule has 0 saturated carbocycles. The number of carboxylic acids is 2. The quantitative estimate of drug-likeness (QED) is 0.100. The number of nitrogens with two attached hydrogens (primary N) is 3. The van der Waals surface area contributed by atoms with E-state index in [9.17, 15) is 33.9 Å². The van der Waals surface area contributed by atoms with Crippen molar-refractivity contribution in [3.63, 3.8) is 0 Å². The Balaban J connectivity index is 4.91. The summed E-state index contributed by atoms with van der Waals surface area (Å²) < 4.78 is 0. The highest BCUT2D eigenvalue weighted by molar-refractivity contribution is 5.92. The van der Waals surface area contributed by atoms with Crippen molar-refractivity contribution in [1.82, 2.24) is 16.0 Å². The summed E-state index contributed by atoms with van der Waals surface area (Å²) in [5, 5.41) is 24.7. The Bertz CT molecular complexity index is 686. The molecule has 0 aromatic carbocycles. The number of nitrogens with one attached hydrogen (secondary N) is 3. The molecule has 0 bridgehead atoms. The molecule has 0 saturated heterocycles. The standard InChI is InChI=1S/C18H32N6O8/c19-8-2-1-3-12(18(31)32)24-17(30)11(5-6-13(21)25)23-14(26)9-22-16(29)10(20)4-7-15(27)28/h10-12H,1-9,19-20H2,(H2,21,25)(H,22,29)(H,23,26)(H,24,30)(H,27,28)(H,31,32). The molecule has 0 spiro atoms. The van der Waals surface area contributed by atoms with Gasteiger partial charge in [-0.15, -0.1) is 0 Å². The molecular weight excluding hydrogens is 428 g/mol. The van der Waals surface area contributed by atoms with Crippen LogP contribution in [0.5, 0.6) is 0 Å². The molecule has 182 valence electrons. The van der Waals surface area contributed by atoms with Gasteiger partial charge >= 0.3 is 11.9 Å². The second kappa shape index (κ2) is 15.5. The molecule has 0 aliphatic rings. The number of carbonyl (C=O) groups is 6. The molecule has 3 unspecified atom stereocenters. The van der Waals surface area contributed by atoms with E-state index < -0.39 is 60.2 Å². The van der Waals surface area contributed by atoms with Gasteiger partial charge in [-0.2, -0.15) is 0 Å². The lowest BCUT2D eigenvalue weighted by Crippen LogP contribution is -2.54. The summed E-state index contributed by atoms with van der Waals surface area (Å²) in [6, 6.07) is -3.63. The highest BCUT2D eigenvalue weighted by Gasteiger charge is 2.27. The van der Waals surface area contributed by atoms with E-state index in [2.05, 4.69) is 16.0 Å². The predicted octanol–water partition coefficient (Wildman–Crippen LogP) is -3.26. The van der Waals surface area contributed by atoms with Crippen LogP contribution < -0.4 is 33.2 Å². The van der Waals surface area contributed by atoms with Crippen molar-refractivity contribution in [3.8, 4) is 0 Å². The van der Waals surface area contributed by atoms with E-state index in [-0.39, 0.29) is 32.1 Å². The summed E-state index contributed by atoms with van der Waals surface area (Å²) in [5.41, 5.74) is 16.0. The molecule has 3 atom stereocenters. The third-order valence-electron chi connectivity index (χ3n) is 4.32. The van der Waals surface area contributed by atoms with Gasteiger partial charge in [0, 0.05) is 12.8 Å². The van der Waals surface area contributed by atoms with E-state index in [1.165, 1.54) is 0 Å². The van der Waals surface area contributed by atoms with Crippen molar-refractivity contribution in [3.05, 3.63) is 0 Å². The second-order valence-corrected chi connectivity index (χ2v) is 7.07. The molecule has 0 aliphatic heterocycles. The minimum Gasteiger partial charge on any atom is -0.481 e. The molecule has 0 aliphatic carbocycles. The summed E-state index contributed by atoms with van der Waals surface area (Å²) in [6.07, 6.45) is 0.248. The van der Waals surface area contributed by atoms with E-state index in [1.54, 1.807) is 0 Å². The Morgan fingerprint density at radius 1 is 0.812 bits per heavy atom. The highest BCUT2D eigenvalue weighted by atomic mass is 16.4. The van der Waals surface area contributed by atoms with Crippen molar-refractivity contribution in [2.45, 2.75) is 63.1 Å². The van der Waals surface area contributed by atoms with Crippen LogP contribution in [-0.4, -0.2) is 77.0 Å². The molecule has 32 heavy (non-hydrogen) atoms. The molecule has 11 N–H and O–H groups in total. The van der Waals surface area contributed by atoms with Gasteiger partial charge < -0.3 is 43.4 Å². The third-order valence-corrected chi connectivity index (χ3v) is 4.32. The summed E-state index contributed by atoms with van der Waals surface area (Å²) in [5.74, 6) is -5.51. The van der Waals surface area contributed by atoms with Gasteiger partial charge in [-0.3, -0.25) is 24.0 Å². The fraction of sp³-hybridized carbons (Fsp3) is 0.667. The Morgan fingerprint density at radius 3 is 2.00 bits per heavy atom. The predicted molar refractivity (Wildman–Crippen MR) is 111 cm³/mol. The molecule has 14 nitrogen and oxygen atoms in total. The van der Waals surface area contributed by atoms with Crippen molar-refractivity contribution < 1.29 is 39.0 Å². The second-order valence-electron chi connectivity index (χ2n) is 7.07. The van der Waals surface area contributed by atoms with Crippen LogP contribution in [0.15, 0.2) is 0 Å². The molecule has 0 aromatic heterocycles. The van der Waals surface area contributed by atoms with E-state index >= 15 is 0 Å². The molecule has 0 aromatic rings. The topological polar surface area (TPSA) is 257 Å². The average Bonchev–Trinajstić information content (AvgIpc) is 2.71. The lowest BCUT2D eigenvalue weighted by molar-refractivity contribution is -0.142. The van der Waals surface area contributed by atoms with E-state index in [1.807, 2.05) is 0 Å². The minimum absolute atomic E-state index is 0.124. The van der Waals surface area contributed by atoms with Crippen LogP contribution in [0.25, 0.3) is 0 Å². The van der Waals surface area contributed by atoms with Crippen molar-refractivity contribution in [1.29, 1.82) is 0 Å². The smallest absolute Gasteiger partial charge is 0.326 e. The van der Waals surface area contributed by atoms with Crippen LogP contribution in [0.4, 0.5) is 0 Å². The van der Waals surface area contributed by atoms with Gasteiger partial charge in [0.15, 0.2) is 0 Å². The Hall–Kier alpha value is -3.26. The number of primary amides is 1. The molecule has 14 heteroatoms. The normalized spacial score (nSPS) is 13.3. The molecule has 0 rings (SSSR count). The first-order valence-electron chi connectivity index (χ1n) is 10.0. The van der Waals surface area contributed by atoms with Crippen LogP contribution in [0.3, 0.4) is 0 Å². The minimum atomic E-state index is -1.27. The van der Waals surface area contributed by atoms with Crippen LogP contribution >= 0.6 is 0 Å². The fourth-order valence-electron chi connectivity index (χ4n) is 2.53. The zero-order chi connectivity index (χ0) is 24.7. The molecule has 0 heterocycles. The number of hydrogen-bond donors (Lipinski definition) is 8. The number of carbonyl (C=O) groups excluding carboxylic acids is 4. The third kappa shape index (κ3) is 13.1. The van der Waals surface area contributed by atoms with Gasteiger partial charge in [0.25, 0.3) is 0 Å². The van der Waals surface area contributed by atoms with Gasteiger partial charge in [0.1, 0.15) is 12.1 Å². The lowest BCUT2D eigenvalue weighted by Gasteiger charge is -2.21. The lowest BCUT2D eigenvalue weighted by atomic mass is 10.1. The summed E-state index contributed by atoms with van der Waals surface area (Å²) in [6.45, 7) is -0.206. The first-order valence-corrected chi connectivity index (χ1v) is 10.0. The summed E-state index contributed by atoms with van der Waals surface area (Å²) in [7, 11) is 0. The van der Waals surface area contributed by atoms with Gasteiger partial charge in [-0.1, -0.05) is 0 Å². The Kier molecular flexibility index (Phi) is 13.9. The largest absolute Gasteiger partial charge is 0.481 e. The van der Waals surface area contributed by atoms with Gasteiger partial charge in [-0.05, 0) is 38.6 Å². The number of rotatable bonds is 17. The van der Waals surface area contributed by atoms with Crippen LogP contribution in [0, 0.1) is 0 Å². The Morgan fingerprint density at radius 2 is 1.47 bits per heavy atom. The fourth-order valence-corrected chi connectivity index (χ4v) is 2.53. The zero-order valence-electron chi connectivity index (χ0n) is 17.7. The monoisotopic (exact) mass is 460 g/mol. The van der Waals surface area contributed by atoms with Crippen LogP contribution in [0.1, 0.15) is 44.9 Å². The van der Waals surface area contributed by atoms with Gasteiger partial charge in [-0.25, -0.2) is 4.79 Å². The van der Waals surface area contributed by atoms with Crippen LogP contribution in [-0.2, 0) is 28.8 Å². The first-order chi connectivity index (χ1) is 15.0. The van der Waals surface area contributed by atoms with Gasteiger partial charge in [0.2, 0.25) is 23.6 Å². The maximum Gasteiger partial charge on any atom is 0.326 e. The van der Waals surface area contributed by atoms with Crippen molar-refractivity contribution >= 4 is 35.6 Å². The molecule has 0 fully saturated rings. The van der Waals surface area contributed by atoms with E-state index in [4.69, 9.17) is 22.3 Å². The SMILES string of the molecule is NCCCCC(NC(=O)C(CCC(N)=O)NC(=O)CNC(=O)C(N)CCC(=O)O)C(=O)O. The zero-order valence-corrected chi connectivity index (χ0v) is 17.7. The van der Waals surface area contributed by atoms with E-state index in [0.29, 0.717) is 19.4 Å².